The molecular weight excluding hydrogens is 404 g/mol. The Hall–Kier alpha value is -2.91. The molecule has 0 aliphatic heterocycles. The van der Waals surface area contributed by atoms with Crippen LogP contribution in [-0.2, 0) is 11.8 Å². The van der Waals surface area contributed by atoms with Crippen LogP contribution in [0, 0.1) is 10.1 Å². The van der Waals surface area contributed by atoms with Crippen LogP contribution in [0.15, 0.2) is 52.4 Å². The lowest BCUT2D eigenvalue weighted by Gasteiger charge is -2.14. The summed E-state index contributed by atoms with van der Waals surface area (Å²) in [6, 6.07) is 10.8. The molecule has 0 radical (unpaired) electrons. The Bertz CT molecular complexity index is 1150. The lowest BCUT2D eigenvalue weighted by molar-refractivity contribution is -0.384. The van der Waals surface area contributed by atoms with Crippen LogP contribution in [0.5, 0.6) is 0 Å². The highest BCUT2D eigenvalue weighted by Gasteiger charge is 2.20. The normalized spacial score (nSPS) is 12.0. The average Bonchev–Trinajstić information content (AvgIpc) is 2.67. The molecule has 3 rings (SSSR count). The first kappa shape index (κ1) is 19.8. The van der Waals surface area contributed by atoms with E-state index in [-0.39, 0.29) is 22.0 Å². The second-order valence-electron chi connectivity index (χ2n) is 5.95. The predicted molar refractivity (Wildman–Crippen MR) is 109 cm³/mol. The minimum atomic E-state index is -0.630. The number of rotatable bonds is 5. The first-order chi connectivity index (χ1) is 13.3. The number of para-hydroxylation sites is 1. The molecule has 1 aromatic heterocycles. The molecule has 1 N–H and O–H groups in total. The molecule has 0 aliphatic carbocycles. The summed E-state index contributed by atoms with van der Waals surface area (Å²) in [7, 11) is 1.59. The number of hydrogen-bond acceptors (Lipinski definition) is 6. The van der Waals surface area contributed by atoms with E-state index in [9.17, 15) is 19.7 Å². The Morgan fingerprint density at radius 2 is 2.04 bits per heavy atom. The summed E-state index contributed by atoms with van der Waals surface area (Å²) >= 11 is 7.13. The SMILES string of the molecule is CC(Sc1nc2ccccc2c(=O)n1C)C(=O)Nc1cc([N+](=O)[O-])ccc1Cl. The topological polar surface area (TPSA) is 107 Å². The fourth-order valence-electron chi connectivity index (χ4n) is 2.47. The summed E-state index contributed by atoms with van der Waals surface area (Å²) in [5.41, 5.74) is 0.303. The lowest BCUT2D eigenvalue weighted by Crippen LogP contribution is -2.25. The predicted octanol–water partition coefficient (Wildman–Crippen LogP) is 3.61. The molecule has 3 aromatic rings. The second-order valence-corrected chi connectivity index (χ2v) is 7.66. The summed E-state index contributed by atoms with van der Waals surface area (Å²) in [5.74, 6) is -0.421. The summed E-state index contributed by atoms with van der Waals surface area (Å²) in [6.07, 6.45) is 0. The quantitative estimate of drug-likeness (QED) is 0.293. The zero-order valence-electron chi connectivity index (χ0n) is 14.9. The number of halogens is 1. The van der Waals surface area contributed by atoms with Gasteiger partial charge in [0.2, 0.25) is 5.91 Å². The van der Waals surface area contributed by atoms with Crippen molar-refractivity contribution in [3.05, 3.63) is 68.0 Å². The molecule has 144 valence electrons. The van der Waals surface area contributed by atoms with Crippen LogP contribution >= 0.6 is 23.4 Å². The van der Waals surface area contributed by atoms with Gasteiger partial charge in [-0.2, -0.15) is 0 Å². The molecule has 0 bridgehead atoms. The van der Waals surface area contributed by atoms with Gasteiger partial charge < -0.3 is 5.32 Å². The van der Waals surface area contributed by atoms with Crippen molar-refractivity contribution >= 4 is 51.5 Å². The van der Waals surface area contributed by atoms with Crippen molar-refractivity contribution in [2.75, 3.05) is 5.32 Å². The van der Waals surface area contributed by atoms with Gasteiger partial charge in [-0.25, -0.2) is 4.98 Å². The molecule has 0 saturated heterocycles. The average molecular weight is 419 g/mol. The van der Waals surface area contributed by atoms with Crippen LogP contribution in [0.25, 0.3) is 10.9 Å². The number of fused-ring (bicyclic) bond motifs is 1. The highest BCUT2D eigenvalue weighted by Crippen LogP contribution is 2.28. The van der Waals surface area contributed by atoms with Gasteiger partial charge in [0.1, 0.15) is 0 Å². The fraction of sp³-hybridized carbons (Fsp3) is 0.167. The summed E-state index contributed by atoms with van der Waals surface area (Å²) < 4.78 is 1.39. The summed E-state index contributed by atoms with van der Waals surface area (Å²) in [4.78, 5) is 39.8. The number of thioether (sulfide) groups is 1. The monoisotopic (exact) mass is 418 g/mol. The highest BCUT2D eigenvalue weighted by molar-refractivity contribution is 8.00. The van der Waals surface area contributed by atoms with E-state index >= 15 is 0 Å². The number of nitrogens with zero attached hydrogens (tertiary/aromatic N) is 3. The van der Waals surface area contributed by atoms with Crippen molar-refractivity contribution in [2.45, 2.75) is 17.3 Å². The third-order valence-corrected chi connectivity index (χ3v) is 5.49. The van der Waals surface area contributed by atoms with Gasteiger partial charge in [0, 0.05) is 19.2 Å². The number of nitro groups is 1. The number of non-ortho nitro benzene ring substituents is 1. The van der Waals surface area contributed by atoms with E-state index in [1.807, 2.05) is 0 Å². The largest absolute Gasteiger partial charge is 0.324 e. The van der Waals surface area contributed by atoms with Crippen molar-refractivity contribution in [3.8, 4) is 0 Å². The molecule has 1 atom stereocenters. The van der Waals surface area contributed by atoms with Gasteiger partial charge in [-0.1, -0.05) is 35.5 Å². The third kappa shape index (κ3) is 4.00. The minimum Gasteiger partial charge on any atom is -0.324 e. The van der Waals surface area contributed by atoms with Gasteiger partial charge in [0.05, 0.1) is 31.8 Å². The molecule has 0 aliphatic rings. The van der Waals surface area contributed by atoms with E-state index in [1.54, 1.807) is 38.2 Å². The summed E-state index contributed by atoms with van der Waals surface area (Å²) in [6.45, 7) is 1.65. The van der Waals surface area contributed by atoms with Gasteiger partial charge >= 0.3 is 0 Å². The van der Waals surface area contributed by atoms with Gasteiger partial charge in [-0.3, -0.25) is 24.3 Å². The van der Waals surface area contributed by atoms with Crippen LogP contribution in [0.2, 0.25) is 5.02 Å². The first-order valence-electron chi connectivity index (χ1n) is 8.15. The maximum absolute atomic E-state index is 12.5. The zero-order valence-corrected chi connectivity index (χ0v) is 16.5. The van der Waals surface area contributed by atoms with E-state index in [1.165, 1.54) is 22.8 Å². The number of aromatic nitrogens is 2. The molecule has 1 amide bonds. The zero-order chi connectivity index (χ0) is 20.4. The molecule has 0 spiro atoms. The van der Waals surface area contributed by atoms with Crippen LogP contribution in [0.1, 0.15) is 6.92 Å². The number of anilines is 1. The number of nitro benzene ring substituents is 1. The Labute approximate surface area is 168 Å². The molecule has 0 saturated carbocycles. The van der Waals surface area contributed by atoms with E-state index in [2.05, 4.69) is 10.3 Å². The van der Waals surface area contributed by atoms with Crippen molar-refractivity contribution in [2.24, 2.45) is 7.05 Å². The van der Waals surface area contributed by atoms with Crippen LogP contribution in [0.3, 0.4) is 0 Å². The lowest BCUT2D eigenvalue weighted by atomic mass is 10.2. The van der Waals surface area contributed by atoms with Crippen molar-refractivity contribution in [3.63, 3.8) is 0 Å². The smallest absolute Gasteiger partial charge is 0.271 e. The molecule has 1 heterocycles. The van der Waals surface area contributed by atoms with Gasteiger partial charge in [-0.15, -0.1) is 0 Å². The molecule has 0 fully saturated rings. The Morgan fingerprint density at radius 1 is 1.32 bits per heavy atom. The third-order valence-electron chi connectivity index (χ3n) is 4.01. The van der Waals surface area contributed by atoms with Crippen molar-refractivity contribution in [1.82, 2.24) is 9.55 Å². The number of nitrogens with one attached hydrogen (secondary N) is 1. The molecule has 10 heteroatoms. The van der Waals surface area contributed by atoms with Crippen molar-refractivity contribution in [1.29, 1.82) is 0 Å². The number of amides is 1. The number of benzene rings is 2. The number of carbonyl (C=O) groups is 1. The van der Waals surface area contributed by atoms with Crippen LogP contribution in [-0.4, -0.2) is 25.6 Å². The fourth-order valence-corrected chi connectivity index (χ4v) is 3.51. The van der Waals surface area contributed by atoms with Crippen LogP contribution in [0.4, 0.5) is 11.4 Å². The van der Waals surface area contributed by atoms with E-state index in [4.69, 9.17) is 11.6 Å². The Morgan fingerprint density at radius 3 is 2.75 bits per heavy atom. The minimum absolute atomic E-state index is 0.147. The number of carbonyl (C=O) groups excluding carboxylic acids is 1. The van der Waals surface area contributed by atoms with E-state index in [0.29, 0.717) is 16.1 Å². The van der Waals surface area contributed by atoms with Gasteiger partial charge in [0.15, 0.2) is 5.16 Å². The van der Waals surface area contributed by atoms with E-state index in [0.717, 1.165) is 11.8 Å². The molecule has 8 nitrogen and oxygen atoms in total. The highest BCUT2D eigenvalue weighted by atomic mass is 35.5. The standard InChI is InChI=1S/C18H15ClN4O4S/c1-10(16(24)20-15-9-11(23(26)27)7-8-13(15)19)28-18-21-14-6-4-3-5-12(14)17(25)22(18)2/h3-10H,1-2H3,(H,20,24). The molecule has 1 unspecified atom stereocenters. The van der Waals surface area contributed by atoms with E-state index < -0.39 is 16.1 Å². The van der Waals surface area contributed by atoms with Gasteiger partial charge in [-0.05, 0) is 25.1 Å². The van der Waals surface area contributed by atoms with Crippen LogP contribution < -0.4 is 10.9 Å². The Kier molecular flexibility index (Phi) is 5.66. The molecule has 2 aromatic carbocycles. The molecule has 28 heavy (non-hydrogen) atoms. The van der Waals surface area contributed by atoms with Crippen molar-refractivity contribution < 1.29 is 9.72 Å². The maximum Gasteiger partial charge on any atom is 0.271 e. The van der Waals surface area contributed by atoms with Gasteiger partial charge in [0.25, 0.3) is 11.2 Å². The maximum atomic E-state index is 12.5. The molecular formula is C18H15ClN4O4S. The second kappa shape index (κ2) is 7.99. The summed E-state index contributed by atoms with van der Waals surface area (Å²) in [5, 5.41) is 13.9. The first-order valence-corrected chi connectivity index (χ1v) is 9.41. The Balaban J connectivity index is 1.83. The number of hydrogen-bond donors (Lipinski definition) is 1.